The molecule has 29 heavy (non-hydrogen) atoms. The average Bonchev–Trinajstić information content (AvgIpc) is 2.70. The molecule has 0 bridgehead atoms. The lowest BCUT2D eigenvalue weighted by molar-refractivity contribution is -0.275. The van der Waals surface area contributed by atoms with Crippen molar-refractivity contribution >= 4 is 29.1 Å². The number of rotatable bonds is 5. The molecule has 1 aliphatic rings. The number of ether oxygens (including phenoxy) is 4. The summed E-state index contributed by atoms with van der Waals surface area (Å²) in [6.45, 7) is -0.568. The van der Waals surface area contributed by atoms with Crippen molar-refractivity contribution in [2.24, 2.45) is 0 Å². The van der Waals surface area contributed by atoms with E-state index in [1.165, 1.54) is 24.3 Å². The van der Waals surface area contributed by atoms with Crippen LogP contribution >= 0.6 is 23.8 Å². The molecular formula is C19H18ClFO7S. The molecule has 0 spiro atoms. The highest BCUT2D eigenvalue weighted by Gasteiger charge is 2.47. The van der Waals surface area contributed by atoms with Crippen LogP contribution in [0.15, 0.2) is 48.5 Å². The minimum Gasteiger partial charge on any atom is -0.462 e. The molecule has 0 amide bonds. The van der Waals surface area contributed by atoms with Gasteiger partial charge in [0.25, 0.3) is 0 Å². The standard InChI is InChI=1S/C19H18ClFO7S/c20-10-1-5-13(6-2-10)26-19(29)28-17-15(23)14(9-22)27-18(16(17)24)25-12-7-3-11(21)4-8-12/h1-8,14-18,22-24H,9H2/t14-,15-,16+,17+,18-/m1/s1. The van der Waals surface area contributed by atoms with Crippen LogP contribution in [0.2, 0.25) is 5.02 Å². The van der Waals surface area contributed by atoms with Gasteiger partial charge < -0.3 is 34.3 Å². The van der Waals surface area contributed by atoms with Crippen LogP contribution in [0.5, 0.6) is 11.5 Å². The van der Waals surface area contributed by atoms with E-state index in [4.69, 9.17) is 42.8 Å². The van der Waals surface area contributed by atoms with E-state index in [-0.39, 0.29) is 11.0 Å². The Morgan fingerprint density at radius 2 is 1.66 bits per heavy atom. The van der Waals surface area contributed by atoms with Gasteiger partial charge in [-0.1, -0.05) is 11.6 Å². The third-order valence-electron chi connectivity index (χ3n) is 4.13. The van der Waals surface area contributed by atoms with E-state index in [2.05, 4.69) is 0 Å². The van der Waals surface area contributed by atoms with Gasteiger partial charge in [0.15, 0.2) is 12.2 Å². The van der Waals surface area contributed by atoms with E-state index < -0.39 is 43.1 Å². The van der Waals surface area contributed by atoms with Gasteiger partial charge in [-0.3, -0.25) is 0 Å². The van der Waals surface area contributed by atoms with E-state index >= 15 is 0 Å². The summed E-state index contributed by atoms with van der Waals surface area (Å²) in [7, 11) is 0. The summed E-state index contributed by atoms with van der Waals surface area (Å²) < 4.78 is 34.7. The number of thiocarbonyl (C=S) groups is 1. The Labute approximate surface area is 176 Å². The molecule has 1 saturated heterocycles. The summed E-state index contributed by atoms with van der Waals surface area (Å²) in [5.74, 6) is 0.0903. The Kier molecular flexibility index (Phi) is 7.23. The topological polar surface area (TPSA) is 97.6 Å². The molecule has 3 N–H and O–H groups in total. The van der Waals surface area contributed by atoms with E-state index in [0.29, 0.717) is 10.8 Å². The average molecular weight is 445 g/mol. The van der Waals surface area contributed by atoms with Gasteiger partial charge in [-0.25, -0.2) is 4.39 Å². The molecule has 2 aromatic rings. The highest BCUT2D eigenvalue weighted by atomic mass is 35.5. The Morgan fingerprint density at radius 1 is 1.03 bits per heavy atom. The molecule has 7 nitrogen and oxygen atoms in total. The molecule has 0 radical (unpaired) electrons. The van der Waals surface area contributed by atoms with Gasteiger partial charge in [0.05, 0.1) is 6.61 Å². The fourth-order valence-electron chi connectivity index (χ4n) is 2.67. The zero-order chi connectivity index (χ0) is 21.0. The molecular weight excluding hydrogens is 427 g/mol. The smallest absolute Gasteiger partial charge is 0.358 e. The summed E-state index contributed by atoms with van der Waals surface area (Å²) in [4.78, 5) is 0. The minimum absolute atomic E-state index is 0.210. The largest absolute Gasteiger partial charge is 0.462 e. The normalized spacial score (nSPS) is 26.6. The van der Waals surface area contributed by atoms with Crippen molar-refractivity contribution in [2.45, 2.75) is 30.7 Å². The molecule has 1 aliphatic heterocycles. The number of aliphatic hydroxyl groups is 3. The molecule has 10 heteroatoms. The van der Waals surface area contributed by atoms with Crippen molar-refractivity contribution in [2.75, 3.05) is 6.61 Å². The SMILES string of the molecule is OC[C@H]1O[C@@H](Oc2ccc(F)cc2)[C@@H](O)[C@@H](OC(=S)Oc2ccc(Cl)cc2)[C@@H]1O. The maximum absolute atomic E-state index is 13.1. The van der Waals surface area contributed by atoms with Gasteiger partial charge >= 0.3 is 5.24 Å². The van der Waals surface area contributed by atoms with Gasteiger partial charge in [-0.2, -0.15) is 0 Å². The van der Waals surface area contributed by atoms with Crippen molar-refractivity contribution in [1.29, 1.82) is 0 Å². The summed E-state index contributed by atoms with van der Waals surface area (Å²) >= 11 is 10.8. The molecule has 1 heterocycles. The van der Waals surface area contributed by atoms with Crippen LogP contribution in [0, 0.1) is 5.82 Å². The number of hydrogen-bond acceptors (Lipinski definition) is 8. The maximum atomic E-state index is 13.1. The Hall–Kier alpha value is -2.01. The third kappa shape index (κ3) is 5.53. The fraction of sp³-hybridized carbons (Fsp3) is 0.316. The molecule has 0 aromatic heterocycles. The first-order chi connectivity index (χ1) is 13.9. The lowest BCUT2D eigenvalue weighted by atomic mass is 9.99. The first-order valence-electron chi connectivity index (χ1n) is 8.56. The van der Waals surface area contributed by atoms with Crippen molar-refractivity contribution in [3.63, 3.8) is 0 Å². The Morgan fingerprint density at radius 3 is 2.28 bits per heavy atom. The minimum atomic E-state index is -1.50. The zero-order valence-corrected chi connectivity index (χ0v) is 16.4. The van der Waals surface area contributed by atoms with E-state index in [9.17, 15) is 19.7 Å². The van der Waals surface area contributed by atoms with Crippen molar-refractivity contribution in [3.05, 3.63) is 59.4 Å². The Balaban J connectivity index is 1.70. The van der Waals surface area contributed by atoms with E-state index in [1.807, 2.05) is 0 Å². The second-order valence-electron chi connectivity index (χ2n) is 6.17. The first kappa shape index (κ1) is 21.7. The molecule has 3 rings (SSSR count). The number of hydrogen-bond donors (Lipinski definition) is 3. The van der Waals surface area contributed by atoms with Crippen LogP contribution < -0.4 is 9.47 Å². The Bertz CT molecular complexity index is 820. The second kappa shape index (κ2) is 9.66. The zero-order valence-electron chi connectivity index (χ0n) is 14.9. The molecule has 0 saturated carbocycles. The van der Waals surface area contributed by atoms with Crippen LogP contribution in [-0.4, -0.2) is 57.9 Å². The fourth-order valence-corrected chi connectivity index (χ4v) is 3.00. The molecule has 156 valence electrons. The maximum Gasteiger partial charge on any atom is 0.358 e. The predicted octanol–water partition coefficient (Wildman–Crippen LogP) is 2.05. The number of aliphatic hydroxyl groups excluding tert-OH is 3. The number of halogens is 2. The quantitative estimate of drug-likeness (QED) is 0.603. The number of benzene rings is 2. The van der Waals surface area contributed by atoms with Gasteiger partial charge in [-0.05, 0) is 48.5 Å². The summed E-state index contributed by atoms with van der Waals surface area (Å²) in [5.41, 5.74) is 0. The lowest BCUT2D eigenvalue weighted by Gasteiger charge is -2.41. The highest BCUT2D eigenvalue weighted by molar-refractivity contribution is 7.79. The molecule has 1 fully saturated rings. The van der Waals surface area contributed by atoms with Crippen molar-refractivity contribution < 1.29 is 38.7 Å². The van der Waals surface area contributed by atoms with Crippen LogP contribution in [0.3, 0.4) is 0 Å². The highest BCUT2D eigenvalue weighted by Crippen LogP contribution is 2.27. The summed E-state index contributed by atoms with van der Waals surface area (Å²) in [6, 6.07) is 11.3. The third-order valence-corrected chi connectivity index (χ3v) is 4.57. The van der Waals surface area contributed by atoms with Gasteiger partial charge in [0.1, 0.15) is 29.5 Å². The summed E-state index contributed by atoms with van der Waals surface area (Å²) in [5, 5.41) is 30.5. The van der Waals surface area contributed by atoms with Crippen molar-refractivity contribution in [1.82, 2.24) is 0 Å². The van der Waals surface area contributed by atoms with Crippen LogP contribution in [0.1, 0.15) is 0 Å². The van der Waals surface area contributed by atoms with Gasteiger partial charge in [0.2, 0.25) is 6.29 Å². The molecule has 5 atom stereocenters. The van der Waals surface area contributed by atoms with Crippen LogP contribution in [0.25, 0.3) is 0 Å². The van der Waals surface area contributed by atoms with Crippen molar-refractivity contribution in [3.8, 4) is 11.5 Å². The summed E-state index contributed by atoms with van der Waals surface area (Å²) in [6.07, 6.45) is -6.66. The first-order valence-corrected chi connectivity index (χ1v) is 9.34. The van der Waals surface area contributed by atoms with Crippen LogP contribution in [-0.2, 0) is 9.47 Å². The molecule has 0 unspecified atom stereocenters. The van der Waals surface area contributed by atoms with E-state index in [0.717, 1.165) is 0 Å². The van der Waals surface area contributed by atoms with Gasteiger partial charge in [-0.15, -0.1) is 0 Å². The lowest BCUT2D eigenvalue weighted by Crippen LogP contribution is -2.61. The molecule has 2 aromatic carbocycles. The van der Waals surface area contributed by atoms with Gasteiger partial charge in [0, 0.05) is 17.2 Å². The molecule has 0 aliphatic carbocycles. The second-order valence-corrected chi connectivity index (χ2v) is 6.94. The van der Waals surface area contributed by atoms with E-state index in [1.54, 1.807) is 24.3 Å². The monoisotopic (exact) mass is 444 g/mol. The van der Waals surface area contributed by atoms with Crippen LogP contribution in [0.4, 0.5) is 4.39 Å². The predicted molar refractivity (Wildman–Crippen MR) is 104 cm³/mol.